The number of hydrogen-bond donors (Lipinski definition) is 1. The molecule has 2 aromatic carbocycles. The van der Waals surface area contributed by atoms with Gasteiger partial charge < -0.3 is 28.8 Å². The molecule has 3 heterocycles. The zero-order chi connectivity index (χ0) is 17.2. The number of carbonyl (C=O) groups excluding carboxylic acids is 1. The number of benzene rings is 2. The van der Waals surface area contributed by atoms with Crippen LogP contribution in [0, 0.1) is 0 Å². The summed E-state index contributed by atoms with van der Waals surface area (Å²) in [4.78, 5) is 13.1. The minimum absolute atomic E-state index is 0.0333. The van der Waals surface area contributed by atoms with Crippen molar-refractivity contribution in [3.8, 4) is 28.7 Å². The van der Waals surface area contributed by atoms with Crippen LogP contribution in [0.25, 0.3) is 0 Å². The standard InChI is InChI=1S/C18H14O7/c1-21-9-2-3-10-12(4-9)25-16-7-22-13-6-15-14(23-8-24-15)5-11(13)18(16,20)17(10)19/h2-6,16,20H,7-8H2,1H3/t16-,18-/m1/s1. The van der Waals surface area contributed by atoms with E-state index in [1.807, 2.05) is 0 Å². The molecule has 3 aliphatic heterocycles. The summed E-state index contributed by atoms with van der Waals surface area (Å²) in [6.45, 7) is 0.124. The number of ketones is 1. The maximum atomic E-state index is 13.1. The maximum absolute atomic E-state index is 13.1. The van der Waals surface area contributed by atoms with E-state index in [9.17, 15) is 9.90 Å². The Morgan fingerprint density at radius 3 is 2.68 bits per heavy atom. The van der Waals surface area contributed by atoms with Gasteiger partial charge in [-0.3, -0.25) is 4.79 Å². The second-order valence-electron chi connectivity index (χ2n) is 6.08. The highest BCUT2D eigenvalue weighted by Crippen LogP contribution is 2.50. The Kier molecular flexibility index (Phi) is 2.77. The van der Waals surface area contributed by atoms with Crippen molar-refractivity contribution in [2.45, 2.75) is 11.7 Å². The van der Waals surface area contributed by atoms with Crippen LogP contribution in [0.1, 0.15) is 15.9 Å². The molecule has 0 bridgehead atoms. The normalized spacial score (nSPS) is 25.2. The first-order valence-corrected chi connectivity index (χ1v) is 7.80. The average Bonchev–Trinajstić information content (AvgIpc) is 3.09. The first kappa shape index (κ1) is 14.4. The minimum Gasteiger partial charge on any atom is -0.497 e. The third-order valence-corrected chi connectivity index (χ3v) is 4.79. The van der Waals surface area contributed by atoms with Gasteiger partial charge in [0.25, 0.3) is 0 Å². The van der Waals surface area contributed by atoms with Crippen LogP contribution in [0.3, 0.4) is 0 Å². The molecule has 0 aliphatic carbocycles. The Balaban J connectivity index is 1.68. The number of carbonyl (C=O) groups is 1. The second kappa shape index (κ2) is 4.80. The van der Waals surface area contributed by atoms with E-state index in [2.05, 4.69) is 0 Å². The summed E-state index contributed by atoms with van der Waals surface area (Å²) in [7, 11) is 1.53. The molecule has 25 heavy (non-hydrogen) atoms. The molecule has 1 N–H and O–H groups in total. The van der Waals surface area contributed by atoms with Gasteiger partial charge in [-0.05, 0) is 18.2 Å². The number of rotatable bonds is 1. The fourth-order valence-corrected chi connectivity index (χ4v) is 3.46. The van der Waals surface area contributed by atoms with Crippen molar-refractivity contribution in [2.24, 2.45) is 0 Å². The predicted molar refractivity (Wildman–Crippen MR) is 83.7 cm³/mol. The van der Waals surface area contributed by atoms with E-state index in [0.717, 1.165) is 0 Å². The van der Waals surface area contributed by atoms with Crippen LogP contribution in [-0.4, -0.2) is 37.5 Å². The van der Waals surface area contributed by atoms with Crippen LogP contribution in [-0.2, 0) is 5.60 Å². The summed E-state index contributed by atoms with van der Waals surface area (Å²) < 4.78 is 27.4. The number of hydrogen-bond acceptors (Lipinski definition) is 7. The number of aliphatic hydroxyl groups is 1. The number of ether oxygens (including phenoxy) is 5. The van der Waals surface area contributed by atoms with Gasteiger partial charge in [0.2, 0.25) is 12.6 Å². The molecule has 2 atom stereocenters. The molecule has 0 aromatic heterocycles. The van der Waals surface area contributed by atoms with Crippen molar-refractivity contribution in [1.82, 2.24) is 0 Å². The Hall–Kier alpha value is -2.93. The van der Waals surface area contributed by atoms with E-state index in [1.54, 1.807) is 30.3 Å². The average molecular weight is 342 g/mol. The number of Topliss-reactive ketones (excluding diaryl/α,β-unsaturated/α-hetero) is 1. The van der Waals surface area contributed by atoms with Crippen molar-refractivity contribution in [2.75, 3.05) is 20.5 Å². The van der Waals surface area contributed by atoms with Crippen LogP contribution in [0.2, 0.25) is 0 Å². The van der Waals surface area contributed by atoms with Crippen LogP contribution < -0.4 is 23.7 Å². The molecule has 0 saturated carbocycles. The Bertz CT molecular complexity index is 907. The third-order valence-electron chi connectivity index (χ3n) is 4.79. The second-order valence-corrected chi connectivity index (χ2v) is 6.08. The minimum atomic E-state index is -1.85. The molecule has 7 nitrogen and oxygen atoms in total. The summed E-state index contributed by atoms with van der Waals surface area (Å²) in [5.74, 6) is 1.87. The smallest absolute Gasteiger partial charge is 0.231 e. The molecular weight excluding hydrogens is 328 g/mol. The highest BCUT2D eigenvalue weighted by Gasteiger charge is 2.56. The summed E-state index contributed by atoms with van der Waals surface area (Å²) in [6, 6.07) is 8.08. The molecule has 0 fully saturated rings. The summed E-state index contributed by atoms with van der Waals surface area (Å²) in [5.41, 5.74) is -1.24. The molecule has 0 unspecified atom stereocenters. The van der Waals surface area contributed by atoms with Gasteiger partial charge in [0.1, 0.15) is 23.9 Å². The van der Waals surface area contributed by atoms with E-state index in [1.165, 1.54) is 7.11 Å². The molecule has 2 aromatic rings. The Morgan fingerprint density at radius 2 is 1.88 bits per heavy atom. The topological polar surface area (TPSA) is 83.5 Å². The van der Waals surface area contributed by atoms with Crippen molar-refractivity contribution < 1.29 is 33.6 Å². The van der Waals surface area contributed by atoms with Gasteiger partial charge in [0.05, 0.1) is 12.7 Å². The van der Waals surface area contributed by atoms with Crippen LogP contribution in [0.15, 0.2) is 30.3 Å². The highest BCUT2D eigenvalue weighted by molar-refractivity contribution is 6.07. The maximum Gasteiger partial charge on any atom is 0.231 e. The van der Waals surface area contributed by atoms with Crippen LogP contribution >= 0.6 is 0 Å². The van der Waals surface area contributed by atoms with Gasteiger partial charge >= 0.3 is 0 Å². The lowest BCUT2D eigenvalue weighted by Gasteiger charge is -2.42. The molecular formula is C18H14O7. The van der Waals surface area contributed by atoms with Gasteiger partial charge in [0.15, 0.2) is 23.2 Å². The number of fused-ring (bicyclic) bond motifs is 5. The summed E-state index contributed by atoms with van der Waals surface area (Å²) in [6.07, 6.45) is -0.868. The van der Waals surface area contributed by atoms with Gasteiger partial charge in [-0.15, -0.1) is 0 Å². The quantitative estimate of drug-likeness (QED) is 0.843. The molecule has 0 amide bonds. The van der Waals surface area contributed by atoms with E-state index < -0.39 is 17.5 Å². The lowest BCUT2D eigenvalue weighted by atomic mass is 9.77. The Labute approximate surface area is 142 Å². The fraction of sp³-hybridized carbons (Fsp3) is 0.278. The van der Waals surface area contributed by atoms with Gasteiger partial charge in [-0.2, -0.15) is 0 Å². The molecule has 5 rings (SSSR count). The van der Waals surface area contributed by atoms with E-state index in [4.69, 9.17) is 23.7 Å². The first-order chi connectivity index (χ1) is 12.1. The first-order valence-electron chi connectivity index (χ1n) is 7.80. The van der Waals surface area contributed by atoms with Crippen molar-refractivity contribution >= 4 is 5.78 Å². The molecule has 0 radical (unpaired) electrons. The molecule has 0 spiro atoms. The SMILES string of the molecule is COc1ccc2c(c1)O[C@@H]1COc3cc4c(cc3[C@]1(O)C2=O)OCO4. The van der Waals surface area contributed by atoms with Gasteiger partial charge in [0, 0.05) is 17.7 Å². The van der Waals surface area contributed by atoms with E-state index >= 15 is 0 Å². The zero-order valence-electron chi connectivity index (χ0n) is 13.3. The van der Waals surface area contributed by atoms with Gasteiger partial charge in [-0.1, -0.05) is 0 Å². The monoisotopic (exact) mass is 342 g/mol. The predicted octanol–water partition coefficient (Wildman–Crippen LogP) is 1.65. The summed E-state index contributed by atoms with van der Waals surface area (Å²) >= 11 is 0. The third kappa shape index (κ3) is 1.81. The fourth-order valence-electron chi connectivity index (χ4n) is 3.46. The van der Waals surface area contributed by atoms with Crippen LogP contribution in [0.4, 0.5) is 0 Å². The van der Waals surface area contributed by atoms with Crippen LogP contribution in [0.5, 0.6) is 28.7 Å². The lowest BCUT2D eigenvalue weighted by Crippen LogP contribution is -2.57. The Morgan fingerprint density at radius 1 is 1.08 bits per heavy atom. The van der Waals surface area contributed by atoms with Crippen molar-refractivity contribution in [3.63, 3.8) is 0 Å². The number of methoxy groups -OCH3 is 1. The molecule has 0 saturated heterocycles. The summed E-state index contributed by atoms with van der Waals surface area (Å²) in [5, 5.41) is 11.3. The van der Waals surface area contributed by atoms with Crippen molar-refractivity contribution in [1.29, 1.82) is 0 Å². The van der Waals surface area contributed by atoms with Crippen molar-refractivity contribution in [3.05, 3.63) is 41.5 Å². The molecule has 128 valence electrons. The van der Waals surface area contributed by atoms with E-state index in [0.29, 0.717) is 39.9 Å². The van der Waals surface area contributed by atoms with Gasteiger partial charge in [-0.25, -0.2) is 0 Å². The molecule has 3 aliphatic rings. The largest absolute Gasteiger partial charge is 0.497 e. The molecule has 7 heteroatoms. The zero-order valence-corrected chi connectivity index (χ0v) is 13.3. The highest BCUT2D eigenvalue weighted by atomic mass is 16.7. The van der Waals surface area contributed by atoms with E-state index in [-0.39, 0.29) is 13.4 Å². The lowest BCUT2D eigenvalue weighted by molar-refractivity contribution is -0.0799.